The third kappa shape index (κ3) is 6.76. The molecule has 0 aromatic rings. The molecule has 0 aromatic heterocycles. The van der Waals surface area contributed by atoms with Crippen LogP contribution >= 0.6 is 0 Å². The fraction of sp³-hybridized carbons (Fsp3) is 0.935. The molecule has 0 amide bonds. The second-order valence-electron chi connectivity index (χ2n) is 14.6. The van der Waals surface area contributed by atoms with Crippen LogP contribution in [-0.2, 0) is 8.85 Å². The maximum absolute atomic E-state index is 7.08. The van der Waals surface area contributed by atoms with Crippen molar-refractivity contribution < 1.29 is 8.85 Å². The third-order valence-electron chi connectivity index (χ3n) is 11.2. The van der Waals surface area contributed by atoms with E-state index in [1.54, 1.807) is 0 Å². The Morgan fingerprint density at radius 3 is 2.00 bits per heavy atom. The van der Waals surface area contributed by atoms with Gasteiger partial charge in [-0.1, -0.05) is 80.9 Å². The summed E-state index contributed by atoms with van der Waals surface area (Å²) in [5.41, 5.74) is 0.318. The maximum atomic E-state index is 7.08. The van der Waals surface area contributed by atoms with Crippen molar-refractivity contribution >= 4 is 16.6 Å². The van der Waals surface area contributed by atoms with Gasteiger partial charge in [0.2, 0.25) is 0 Å². The molecule has 6 atom stereocenters. The molecule has 0 saturated heterocycles. The van der Waals surface area contributed by atoms with Gasteiger partial charge in [0.25, 0.3) is 0 Å². The van der Waals surface area contributed by atoms with Crippen LogP contribution in [0.25, 0.3) is 0 Å². The quantitative estimate of drug-likeness (QED) is 0.198. The van der Waals surface area contributed by atoms with Gasteiger partial charge in [0, 0.05) is 12.0 Å². The topological polar surface area (TPSA) is 18.5 Å². The van der Waals surface area contributed by atoms with Crippen molar-refractivity contribution in [3.05, 3.63) is 12.2 Å². The number of hydrogen-bond acceptors (Lipinski definition) is 2. The van der Waals surface area contributed by atoms with Crippen LogP contribution < -0.4 is 0 Å². The molecule has 0 spiro atoms. The summed E-state index contributed by atoms with van der Waals surface area (Å²) >= 11 is 0. The predicted octanol–water partition coefficient (Wildman–Crippen LogP) is 10.2. The van der Waals surface area contributed by atoms with E-state index >= 15 is 0 Å². The standard InChI is InChI=1S/C31H62O2Si2/c1-14-35(15-2,16-3)33-30(9,10)25(5)20-19-24(4)26-21-22-27-28(18-17-23-31(26,27)11)32-34(12,13)29(6,7)8/h19-20,24-28H,14-18,21-23H2,1-13H3/b20-19+/t24-,25+,26-,27+,28+,31-/m1/s1. The van der Waals surface area contributed by atoms with Crippen molar-refractivity contribution in [3.8, 4) is 0 Å². The minimum Gasteiger partial charge on any atom is -0.414 e. The van der Waals surface area contributed by atoms with Gasteiger partial charge >= 0.3 is 0 Å². The van der Waals surface area contributed by atoms with Gasteiger partial charge in [-0.05, 0) is 99.0 Å². The molecule has 2 aliphatic carbocycles. The highest BCUT2D eigenvalue weighted by Crippen LogP contribution is 2.59. The van der Waals surface area contributed by atoms with Crippen LogP contribution in [0.2, 0.25) is 36.3 Å². The van der Waals surface area contributed by atoms with Crippen LogP contribution in [0.3, 0.4) is 0 Å². The van der Waals surface area contributed by atoms with Crippen LogP contribution in [0, 0.1) is 29.1 Å². The summed E-state index contributed by atoms with van der Waals surface area (Å²) < 4.78 is 14.0. The van der Waals surface area contributed by atoms with Crippen LogP contribution in [0.1, 0.15) is 108 Å². The first kappa shape index (κ1) is 31.3. The monoisotopic (exact) mass is 522 g/mol. The van der Waals surface area contributed by atoms with Gasteiger partial charge in [0.05, 0.1) is 5.60 Å². The van der Waals surface area contributed by atoms with E-state index in [1.165, 1.54) is 50.2 Å². The van der Waals surface area contributed by atoms with E-state index in [1.807, 2.05) is 0 Å². The first-order valence-corrected chi connectivity index (χ1v) is 20.5. The Labute approximate surface area is 222 Å². The minimum atomic E-state index is -1.74. The Balaban J connectivity index is 2.12. The van der Waals surface area contributed by atoms with Crippen LogP contribution in [0.5, 0.6) is 0 Å². The zero-order valence-corrected chi connectivity index (χ0v) is 28.0. The highest BCUT2D eigenvalue weighted by molar-refractivity contribution is 6.74. The SMILES string of the molecule is CC[Si](CC)(CC)OC(C)(C)[C@@H](C)/C=C/[C@@H](C)[C@H]1CC[C@H]2[C@@H](O[Si](C)(C)C(C)(C)C)CCC[C@]12C. The van der Waals surface area contributed by atoms with Crippen LogP contribution in [0.15, 0.2) is 12.2 Å². The molecule has 0 bridgehead atoms. The Hall–Kier alpha value is 0.0938. The number of hydrogen-bond donors (Lipinski definition) is 0. The third-order valence-corrected chi connectivity index (χ3v) is 20.6. The molecule has 2 saturated carbocycles. The van der Waals surface area contributed by atoms with Crippen molar-refractivity contribution in [2.75, 3.05) is 0 Å². The Bertz CT molecular complexity index is 695. The van der Waals surface area contributed by atoms with Crippen molar-refractivity contribution in [1.29, 1.82) is 0 Å². The molecule has 0 N–H and O–H groups in total. The Morgan fingerprint density at radius 1 is 0.914 bits per heavy atom. The lowest BCUT2D eigenvalue weighted by molar-refractivity contribution is -0.0163. The minimum absolute atomic E-state index is 0.0977. The van der Waals surface area contributed by atoms with E-state index in [0.717, 1.165) is 11.8 Å². The average molecular weight is 523 g/mol. The van der Waals surface area contributed by atoms with Gasteiger partial charge in [-0.3, -0.25) is 0 Å². The summed E-state index contributed by atoms with van der Waals surface area (Å²) in [4.78, 5) is 0. The van der Waals surface area contributed by atoms with E-state index < -0.39 is 16.6 Å². The molecule has 0 aromatic carbocycles. The molecule has 206 valence electrons. The lowest BCUT2D eigenvalue weighted by Crippen LogP contribution is -2.50. The second kappa shape index (κ2) is 11.5. The van der Waals surface area contributed by atoms with Gasteiger partial charge < -0.3 is 8.85 Å². The van der Waals surface area contributed by atoms with Crippen LogP contribution in [-0.4, -0.2) is 28.3 Å². The highest BCUT2D eigenvalue weighted by Gasteiger charge is 2.54. The predicted molar refractivity (Wildman–Crippen MR) is 160 cm³/mol. The first-order chi connectivity index (χ1) is 16.0. The zero-order chi connectivity index (χ0) is 26.9. The molecule has 0 heterocycles. The fourth-order valence-electron chi connectivity index (χ4n) is 7.05. The number of rotatable bonds is 11. The summed E-state index contributed by atoms with van der Waals surface area (Å²) in [7, 11) is -3.36. The lowest BCUT2D eigenvalue weighted by atomic mass is 9.62. The Kier molecular flexibility index (Phi) is 10.2. The van der Waals surface area contributed by atoms with Gasteiger partial charge in [0.15, 0.2) is 16.6 Å². The van der Waals surface area contributed by atoms with Gasteiger partial charge in [-0.25, -0.2) is 0 Å². The molecule has 0 unspecified atom stereocenters. The van der Waals surface area contributed by atoms with Crippen LogP contribution in [0.4, 0.5) is 0 Å². The van der Waals surface area contributed by atoms with Crippen molar-refractivity contribution in [3.63, 3.8) is 0 Å². The summed E-state index contributed by atoms with van der Waals surface area (Å²) in [5, 5.41) is 0.285. The smallest absolute Gasteiger partial charge is 0.192 e. The highest BCUT2D eigenvalue weighted by atomic mass is 28.4. The van der Waals surface area contributed by atoms with E-state index in [2.05, 4.69) is 101 Å². The lowest BCUT2D eigenvalue weighted by Gasteiger charge is -2.49. The van der Waals surface area contributed by atoms with E-state index in [-0.39, 0.29) is 10.6 Å². The molecule has 2 aliphatic rings. The maximum Gasteiger partial charge on any atom is 0.192 e. The molecule has 35 heavy (non-hydrogen) atoms. The van der Waals surface area contributed by atoms with Crippen molar-refractivity contribution in [2.24, 2.45) is 29.1 Å². The van der Waals surface area contributed by atoms with Crippen molar-refractivity contribution in [2.45, 2.75) is 156 Å². The molecule has 2 rings (SSSR count). The first-order valence-electron chi connectivity index (χ1n) is 15.0. The molecular weight excluding hydrogens is 461 g/mol. The second-order valence-corrected chi connectivity index (χ2v) is 24.0. The average Bonchev–Trinajstić information content (AvgIpc) is 3.12. The van der Waals surface area contributed by atoms with Crippen molar-refractivity contribution in [1.82, 2.24) is 0 Å². The van der Waals surface area contributed by atoms with E-state index in [4.69, 9.17) is 8.85 Å². The Morgan fingerprint density at radius 2 is 1.49 bits per heavy atom. The zero-order valence-electron chi connectivity index (χ0n) is 26.0. The molecule has 4 heteroatoms. The van der Waals surface area contributed by atoms with Gasteiger partial charge in [-0.2, -0.15) is 0 Å². The molecule has 0 radical (unpaired) electrons. The number of fused-ring (bicyclic) bond motifs is 1. The summed E-state index contributed by atoms with van der Waals surface area (Å²) in [6.07, 6.45) is 12.2. The number of allylic oxidation sites excluding steroid dienone is 1. The molecule has 2 fully saturated rings. The molecule has 0 aliphatic heterocycles. The van der Waals surface area contributed by atoms with E-state index in [0.29, 0.717) is 23.4 Å². The summed E-state index contributed by atoms with van der Waals surface area (Å²) in [6, 6.07) is 3.66. The summed E-state index contributed by atoms with van der Waals surface area (Å²) in [5.74, 6) is 2.53. The normalized spacial score (nSPS) is 30.5. The molecular formula is C31H62O2Si2. The molecule has 2 nitrogen and oxygen atoms in total. The summed E-state index contributed by atoms with van der Waals surface area (Å²) in [6.45, 7) is 31.1. The van der Waals surface area contributed by atoms with Gasteiger partial charge in [-0.15, -0.1) is 0 Å². The fourth-order valence-corrected chi connectivity index (χ4v) is 11.7. The van der Waals surface area contributed by atoms with E-state index in [9.17, 15) is 0 Å². The largest absolute Gasteiger partial charge is 0.414 e. The van der Waals surface area contributed by atoms with Gasteiger partial charge in [0.1, 0.15) is 0 Å².